The number of piperidine rings is 2. The number of rotatable bonds is 8. The molecule has 0 spiro atoms. The van der Waals surface area contributed by atoms with Gasteiger partial charge in [0, 0.05) is 37.5 Å². The van der Waals surface area contributed by atoms with Crippen molar-refractivity contribution in [2.45, 2.75) is 64.6 Å². The highest BCUT2D eigenvalue weighted by Crippen LogP contribution is 2.29. The second-order valence-electron chi connectivity index (χ2n) is 9.61. The first-order valence-corrected chi connectivity index (χ1v) is 10.9. The fourth-order valence-electron chi connectivity index (χ4n) is 4.56. The largest absolute Gasteiger partial charge is 0.458 e. The maximum atomic E-state index is 12.4. The minimum absolute atomic E-state index is 0.0934. The molecule has 162 valence electrons. The van der Waals surface area contributed by atoms with Gasteiger partial charge in [-0.15, -0.1) is 0 Å². The number of hydrogen-bond donors (Lipinski definition) is 2. The molecule has 2 aliphatic heterocycles. The Kier molecular flexibility index (Phi) is 8.28. The van der Waals surface area contributed by atoms with Gasteiger partial charge in [0.05, 0.1) is 39.3 Å². The van der Waals surface area contributed by atoms with Gasteiger partial charge in [-0.3, -0.25) is 14.5 Å². The molecule has 0 aromatic heterocycles. The zero-order chi connectivity index (χ0) is 20.8. The highest BCUT2D eigenvalue weighted by molar-refractivity contribution is 5.75. The fraction of sp³-hybridized carbons (Fsp3) is 0.905. The first-order chi connectivity index (χ1) is 13.1. The van der Waals surface area contributed by atoms with Crippen molar-refractivity contribution in [1.82, 2.24) is 4.90 Å². The molecule has 7 nitrogen and oxygen atoms in total. The molecule has 2 heterocycles. The van der Waals surface area contributed by atoms with E-state index in [-0.39, 0.29) is 25.0 Å². The van der Waals surface area contributed by atoms with Crippen molar-refractivity contribution >= 4 is 11.9 Å². The Morgan fingerprint density at radius 3 is 1.43 bits per heavy atom. The van der Waals surface area contributed by atoms with Crippen molar-refractivity contribution in [3.63, 3.8) is 0 Å². The average Bonchev–Trinajstić information content (AvgIpc) is 2.62. The van der Waals surface area contributed by atoms with Crippen LogP contribution in [0.3, 0.4) is 0 Å². The van der Waals surface area contributed by atoms with Crippen LogP contribution < -0.4 is 10.6 Å². The second kappa shape index (κ2) is 10.0. The third kappa shape index (κ3) is 7.01. The Balaban J connectivity index is 1.76. The van der Waals surface area contributed by atoms with Crippen molar-refractivity contribution in [3.8, 4) is 0 Å². The lowest BCUT2D eigenvalue weighted by molar-refractivity contribution is -0.666. The molecular formula is C21H41N3O4+2. The summed E-state index contributed by atoms with van der Waals surface area (Å²) in [5.74, 6) is 0.226. The molecule has 0 aliphatic carbocycles. The van der Waals surface area contributed by atoms with Gasteiger partial charge in [0.1, 0.15) is 11.2 Å². The molecular weight excluding hydrogens is 358 g/mol. The van der Waals surface area contributed by atoms with E-state index in [1.165, 1.54) is 0 Å². The van der Waals surface area contributed by atoms with Gasteiger partial charge in [-0.1, -0.05) is 0 Å². The van der Waals surface area contributed by atoms with Crippen LogP contribution in [0.4, 0.5) is 0 Å². The Labute approximate surface area is 169 Å². The summed E-state index contributed by atoms with van der Waals surface area (Å²) in [6, 6.07) is 0. The van der Waals surface area contributed by atoms with Gasteiger partial charge in [-0.2, -0.15) is 0 Å². The topological polar surface area (TPSA) is 89.1 Å². The zero-order valence-corrected chi connectivity index (χ0v) is 18.5. The van der Waals surface area contributed by atoms with Gasteiger partial charge in [-0.05, 0) is 34.7 Å². The molecule has 2 fully saturated rings. The summed E-state index contributed by atoms with van der Waals surface area (Å²) in [5.41, 5.74) is -0.931. The van der Waals surface area contributed by atoms with Gasteiger partial charge in [0.2, 0.25) is 0 Å². The molecule has 2 rings (SSSR count). The fourth-order valence-corrected chi connectivity index (χ4v) is 4.56. The predicted octanol–water partition coefficient (Wildman–Crippen LogP) is -0.491. The van der Waals surface area contributed by atoms with Crippen molar-refractivity contribution < 1.29 is 29.7 Å². The summed E-state index contributed by atoms with van der Waals surface area (Å²) >= 11 is 0. The maximum absolute atomic E-state index is 12.4. The second-order valence-corrected chi connectivity index (χ2v) is 9.61. The monoisotopic (exact) mass is 399 g/mol. The van der Waals surface area contributed by atoms with E-state index in [1.54, 1.807) is 11.9 Å². The SMILES string of the molecule is CN(CC(=O)OC(C)(C)C1CC[NH2+]CC1)CC(=O)OC(C)(C)C1CC[NH2+]CC1. The Bertz CT molecular complexity index is 478. The van der Waals surface area contributed by atoms with E-state index >= 15 is 0 Å². The average molecular weight is 400 g/mol. The van der Waals surface area contributed by atoms with Crippen LogP contribution in [-0.4, -0.2) is 74.4 Å². The van der Waals surface area contributed by atoms with E-state index in [2.05, 4.69) is 10.6 Å². The molecule has 28 heavy (non-hydrogen) atoms. The van der Waals surface area contributed by atoms with Crippen molar-refractivity contribution in [2.75, 3.05) is 46.3 Å². The first kappa shape index (κ1) is 23.1. The van der Waals surface area contributed by atoms with Crippen molar-refractivity contribution in [1.29, 1.82) is 0 Å². The lowest BCUT2D eigenvalue weighted by Crippen LogP contribution is -2.86. The lowest BCUT2D eigenvalue weighted by Gasteiger charge is -2.36. The molecule has 0 saturated carbocycles. The Hall–Kier alpha value is -1.18. The number of carbonyl (C=O) groups excluding carboxylic acids is 2. The summed E-state index contributed by atoms with van der Waals surface area (Å²) in [7, 11) is 1.76. The van der Waals surface area contributed by atoms with Crippen LogP contribution in [0.25, 0.3) is 0 Å². The highest BCUT2D eigenvalue weighted by atomic mass is 16.6. The van der Waals surface area contributed by atoms with Gasteiger partial charge in [-0.25, -0.2) is 0 Å². The van der Waals surface area contributed by atoms with Gasteiger partial charge >= 0.3 is 11.9 Å². The molecule has 2 aliphatic rings. The van der Waals surface area contributed by atoms with Crippen LogP contribution in [0, 0.1) is 11.8 Å². The van der Waals surface area contributed by atoms with Crippen LogP contribution in [-0.2, 0) is 19.1 Å². The molecule has 0 amide bonds. The van der Waals surface area contributed by atoms with E-state index in [0.717, 1.165) is 51.9 Å². The number of nitrogens with two attached hydrogens (primary N) is 2. The summed E-state index contributed by atoms with van der Waals surface area (Å²) < 4.78 is 11.6. The van der Waals surface area contributed by atoms with Crippen molar-refractivity contribution in [2.24, 2.45) is 11.8 Å². The first-order valence-electron chi connectivity index (χ1n) is 10.9. The van der Waals surface area contributed by atoms with Crippen LogP contribution in [0.5, 0.6) is 0 Å². The normalized spacial score (nSPS) is 20.2. The van der Waals surface area contributed by atoms with Crippen LogP contribution in [0.2, 0.25) is 0 Å². The number of likely N-dealkylation sites (N-methyl/N-ethyl adjacent to an activating group) is 1. The third-order valence-electron chi connectivity index (χ3n) is 6.40. The van der Waals surface area contributed by atoms with E-state index in [1.807, 2.05) is 27.7 Å². The molecule has 2 saturated heterocycles. The molecule has 4 N–H and O–H groups in total. The molecule has 0 bridgehead atoms. The number of hydrogen-bond acceptors (Lipinski definition) is 5. The van der Waals surface area contributed by atoms with Crippen LogP contribution >= 0.6 is 0 Å². The minimum Gasteiger partial charge on any atom is -0.458 e. The van der Waals surface area contributed by atoms with E-state index < -0.39 is 11.2 Å². The van der Waals surface area contributed by atoms with Gasteiger partial charge < -0.3 is 20.1 Å². The zero-order valence-electron chi connectivity index (χ0n) is 18.5. The van der Waals surface area contributed by atoms with Crippen LogP contribution in [0.1, 0.15) is 53.4 Å². The van der Waals surface area contributed by atoms with E-state index in [4.69, 9.17) is 9.47 Å². The molecule has 0 radical (unpaired) electrons. The standard InChI is InChI=1S/C21H39N3O4/c1-20(2,16-6-10-22-11-7-16)27-18(25)14-24(5)15-19(26)28-21(3,4)17-8-12-23-13-9-17/h16-17,22-23H,6-15H2,1-5H3/p+2. The number of quaternary nitrogens is 2. The minimum atomic E-state index is -0.466. The molecule has 7 heteroatoms. The maximum Gasteiger partial charge on any atom is 0.320 e. The van der Waals surface area contributed by atoms with Crippen molar-refractivity contribution in [3.05, 3.63) is 0 Å². The predicted molar refractivity (Wildman–Crippen MR) is 107 cm³/mol. The molecule has 0 aromatic carbocycles. The summed E-state index contributed by atoms with van der Waals surface area (Å²) in [5, 5.41) is 4.61. The molecule has 0 atom stereocenters. The smallest absolute Gasteiger partial charge is 0.320 e. The summed E-state index contributed by atoms with van der Waals surface area (Å²) in [6.07, 6.45) is 4.26. The van der Waals surface area contributed by atoms with E-state index in [9.17, 15) is 9.59 Å². The number of nitrogens with zero attached hydrogens (tertiary/aromatic N) is 1. The van der Waals surface area contributed by atoms with Gasteiger partial charge in [0.25, 0.3) is 0 Å². The third-order valence-corrected chi connectivity index (χ3v) is 6.40. The summed E-state index contributed by atoms with van der Waals surface area (Å²) in [6.45, 7) is 12.5. The molecule has 0 unspecified atom stereocenters. The lowest BCUT2D eigenvalue weighted by atomic mass is 9.83. The quantitative estimate of drug-likeness (QED) is 0.538. The van der Waals surface area contributed by atoms with Crippen LogP contribution in [0.15, 0.2) is 0 Å². The highest BCUT2D eigenvalue weighted by Gasteiger charge is 2.37. The Morgan fingerprint density at radius 1 is 0.786 bits per heavy atom. The number of ether oxygens (including phenoxy) is 2. The number of esters is 2. The van der Waals surface area contributed by atoms with Gasteiger partial charge in [0.15, 0.2) is 0 Å². The Morgan fingerprint density at radius 2 is 1.11 bits per heavy atom. The number of carbonyl (C=O) groups is 2. The van der Waals surface area contributed by atoms with E-state index in [0.29, 0.717) is 11.8 Å². The molecule has 0 aromatic rings. The summed E-state index contributed by atoms with van der Waals surface area (Å²) in [4.78, 5) is 26.5.